The first-order valence-corrected chi connectivity index (χ1v) is 3.95. The van der Waals surface area contributed by atoms with Crippen LogP contribution in [-0.2, 0) is 19.1 Å². The molecule has 70 valence electrons. The molecule has 4 nitrogen and oxygen atoms in total. The number of carbonyl (C=O) groups is 2. The molecule has 4 heteroatoms. The summed E-state index contributed by atoms with van der Waals surface area (Å²) in [5.74, 6) is -0.725. The zero-order valence-electron chi connectivity index (χ0n) is 7.46. The zero-order valence-corrected chi connectivity index (χ0v) is 7.46. The highest BCUT2D eigenvalue weighted by molar-refractivity contribution is 5.96. The lowest BCUT2D eigenvalue weighted by Crippen LogP contribution is -2.15. The Labute approximate surface area is 71.8 Å². The Kier molecular flexibility index (Phi) is 6.28. The standard InChI is InChI=1S/C8H14O4/c1-3-11-6-7(9)5-8(10)12-4-2/h3-6H2,1-2H3. The van der Waals surface area contributed by atoms with E-state index in [1.165, 1.54) is 0 Å². The van der Waals surface area contributed by atoms with Gasteiger partial charge < -0.3 is 9.47 Å². The summed E-state index contributed by atoms with van der Waals surface area (Å²) < 4.78 is 9.39. The Balaban J connectivity index is 3.47. The minimum absolute atomic E-state index is 0.00465. The molecule has 0 aliphatic heterocycles. The first-order valence-electron chi connectivity index (χ1n) is 3.95. The van der Waals surface area contributed by atoms with Crippen LogP contribution in [0.15, 0.2) is 0 Å². The van der Waals surface area contributed by atoms with E-state index in [-0.39, 0.29) is 18.8 Å². The van der Waals surface area contributed by atoms with Crippen LogP contribution < -0.4 is 0 Å². The third-order valence-electron chi connectivity index (χ3n) is 1.11. The van der Waals surface area contributed by atoms with Crippen LogP contribution in [0.1, 0.15) is 20.3 Å². The molecule has 0 aromatic heterocycles. The van der Waals surface area contributed by atoms with Crippen molar-refractivity contribution in [2.75, 3.05) is 19.8 Å². The Morgan fingerprint density at radius 2 is 1.83 bits per heavy atom. The summed E-state index contributed by atoms with van der Waals surface area (Å²) in [6.45, 7) is 4.27. The highest BCUT2D eigenvalue weighted by Gasteiger charge is 2.09. The van der Waals surface area contributed by atoms with E-state index in [2.05, 4.69) is 4.74 Å². The maximum Gasteiger partial charge on any atom is 0.313 e. The predicted molar refractivity (Wildman–Crippen MR) is 42.8 cm³/mol. The Hall–Kier alpha value is -0.900. The van der Waals surface area contributed by atoms with Gasteiger partial charge in [-0.15, -0.1) is 0 Å². The van der Waals surface area contributed by atoms with Crippen molar-refractivity contribution in [3.63, 3.8) is 0 Å². The average Bonchev–Trinajstić information content (AvgIpc) is 2.01. The summed E-state index contributed by atoms with van der Waals surface area (Å²) in [7, 11) is 0. The predicted octanol–water partition coefficient (Wildman–Crippen LogP) is 0.545. The second-order valence-electron chi connectivity index (χ2n) is 2.16. The molecule has 0 amide bonds. The summed E-state index contributed by atoms with van der Waals surface area (Å²) in [4.78, 5) is 21.6. The molecule has 12 heavy (non-hydrogen) atoms. The van der Waals surface area contributed by atoms with Crippen LogP contribution in [-0.4, -0.2) is 31.6 Å². The van der Waals surface area contributed by atoms with Crippen LogP contribution in [0.3, 0.4) is 0 Å². The first-order chi connectivity index (χ1) is 5.70. The van der Waals surface area contributed by atoms with Gasteiger partial charge in [-0.2, -0.15) is 0 Å². The molecule has 0 N–H and O–H groups in total. The fourth-order valence-corrected chi connectivity index (χ4v) is 0.640. The maximum absolute atomic E-state index is 10.9. The molecule has 0 fully saturated rings. The molecule has 0 unspecified atom stereocenters. The molecular weight excluding hydrogens is 160 g/mol. The van der Waals surface area contributed by atoms with Gasteiger partial charge in [0.25, 0.3) is 0 Å². The number of hydrogen-bond donors (Lipinski definition) is 0. The second-order valence-corrected chi connectivity index (χ2v) is 2.16. The molecule has 0 aliphatic rings. The molecule has 0 aliphatic carbocycles. The van der Waals surface area contributed by atoms with Crippen molar-refractivity contribution < 1.29 is 19.1 Å². The van der Waals surface area contributed by atoms with Crippen molar-refractivity contribution in [2.24, 2.45) is 0 Å². The van der Waals surface area contributed by atoms with Gasteiger partial charge in [-0.05, 0) is 13.8 Å². The summed E-state index contributed by atoms with van der Waals surface area (Å²) >= 11 is 0. The van der Waals surface area contributed by atoms with Crippen LogP contribution in [0.5, 0.6) is 0 Å². The molecule has 0 bridgehead atoms. The first kappa shape index (κ1) is 11.1. The number of hydrogen-bond acceptors (Lipinski definition) is 4. The molecule has 0 aromatic rings. The molecule has 0 saturated heterocycles. The van der Waals surface area contributed by atoms with Crippen LogP contribution in [0, 0.1) is 0 Å². The topological polar surface area (TPSA) is 52.6 Å². The summed E-state index contributed by atoms with van der Waals surface area (Å²) in [5.41, 5.74) is 0. The van der Waals surface area contributed by atoms with Crippen LogP contribution in [0.4, 0.5) is 0 Å². The van der Waals surface area contributed by atoms with Crippen molar-refractivity contribution in [1.82, 2.24) is 0 Å². The van der Waals surface area contributed by atoms with E-state index in [1.807, 2.05) is 0 Å². The Morgan fingerprint density at radius 1 is 1.17 bits per heavy atom. The molecule has 0 aromatic carbocycles. The van der Waals surface area contributed by atoms with Crippen molar-refractivity contribution in [1.29, 1.82) is 0 Å². The van der Waals surface area contributed by atoms with Crippen molar-refractivity contribution >= 4 is 11.8 Å². The van der Waals surface area contributed by atoms with E-state index < -0.39 is 5.97 Å². The lowest BCUT2D eigenvalue weighted by molar-refractivity contribution is -0.146. The van der Waals surface area contributed by atoms with Crippen LogP contribution in [0.2, 0.25) is 0 Å². The van der Waals surface area contributed by atoms with Gasteiger partial charge in [0, 0.05) is 6.61 Å². The van der Waals surface area contributed by atoms with Gasteiger partial charge in [-0.25, -0.2) is 0 Å². The smallest absolute Gasteiger partial charge is 0.313 e. The van der Waals surface area contributed by atoms with Gasteiger partial charge in [-0.3, -0.25) is 9.59 Å². The third kappa shape index (κ3) is 5.85. The Morgan fingerprint density at radius 3 is 2.33 bits per heavy atom. The van der Waals surface area contributed by atoms with Gasteiger partial charge in [0.15, 0.2) is 5.78 Å². The number of Topliss-reactive ketones (excluding diaryl/α,β-unsaturated/α-hetero) is 1. The number of ether oxygens (including phenoxy) is 2. The molecule has 0 radical (unpaired) electrons. The summed E-state index contributed by atoms with van der Waals surface area (Å²) in [6.07, 6.45) is -0.187. The number of esters is 1. The molecule has 0 spiro atoms. The van der Waals surface area contributed by atoms with Gasteiger partial charge in [0.2, 0.25) is 0 Å². The van der Waals surface area contributed by atoms with Crippen molar-refractivity contribution in [3.8, 4) is 0 Å². The van der Waals surface area contributed by atoms with Crippen LogP contribution in [0.25, 0.3) is 0 Å². The minimum Gasteiger partial charge on any atom is -0.466 e. The Bertz CT molecular complexity index is 153. The fourth-order valence-electron chi connectivity index (χ4n) is 0.640. The second kappa shape index (κ2) is 6.79. The lowest BCUT2D eigenvalue weighted by atomic mass is 10.3. The van der Waals surface area contributed by atoms with Gasteiger partial charge in [0.05, 0.1) is 6.61 Å². The normalized spacial score (nSPS) is 9.50. The number of ketones is 1. The van der Waals surface area contributed by atoms with Crippen molar-refractivity contribution in [2.45, 2.75) is 20.3 Å². The summed E-state index contributed by atoms with van der Waals surface area (Å²) in [5, 5.41) is 0. The van der Waals surface area contributed by atoms with E-state index in [0.717, 1.165) is 0 Å². The zero-order chi connectivity index (χ0) is 9.40. The molecular formula is C8H14O4. The van der Waals surface area contributed by atoms with Gasteiger partial charge in [-0.1, -0.05) is 0 Å². The highest BCUT2D eigenvalue weighted by atomic mass is 16.5. The SMILES string of the molecule is CCOCC(=O)CC(=O)OCC. The summed E-state index contributed by atoms with van der Waals surface area (Å²) in [6, 6.07) is 0. The van der Waals surface area contributed by atoms with E-state index in [4.69, 9.17) is 4.74 Å². The number of rotatable bonds is 6. The molecule has 0 atom stereocenters. The maximum atomic E-state index is 10.9. The van der Waals surface area contributed by atoms with E-state index in [1.54, 1.807) is 13.8 Å². The van der Waals surface area contributed by atoms with Crippen LogP contribution >= 0.6 is 0 Å². The lowest BCUT2D eigenvalue weighted by Gasteiger charge is -2.00. The third-order valence-corrected chi connectivity index (χ3v) is 1.11. The van der Waals surface area contributed by atoms with E-state index in [9.17, 15) is 9.59 Å². The molecule has 0 heterocycles. The van der Waals surface area contributed by atoms with E-state index >= 15 is 0 Å². The van der Waals surface area contributed by atoms with E-state index in [0.29, 0.717) is 13.2 Å². The highest BCUT2D eigenvalue weighted by Crippen LogP contribution is 1.89. The molecule has 0 rings (SSSR count). The van der Waals surface area contributed by atoms with Gasteiger partial charge in [0.1, 0.15) is 13.0 Å². The minimum atomic E-state index is -0.484. The van der Waals surface area contributed by atoms with Crippen molar-refractivity contribution in [3.05, 3.63) is 0 Å². The quantitative estimate of drug-likeness (QED) is 0.435. The molecule has 0 saturated carbocycles. The van der Waals surface area contributed by atoms with Gasteiger partial charge >= 0.3 is 5.97 Å². The fraction of sp³-hybridized carbons (Fsp3) is 0.750. The monoisotopic (exact) mass is 174 g/mol. The largest absolute Gasteiger partial charge is 0.466 e. The average molecular weight is 174 g/mol. The number of carbonyl (C=O) groups excluding carboxylic acids is 2.